The summed E-state index contributed by atoms with van der Waals surface area (Å²) in [4.78, 5) is 10.6. The van der Waals surface area contributed by atoms with Crippen molar-refractivity contribution < 1.29 is 4.74 Å². The third-order valence-electron chi connectivity index (χ3n) is 8.46. The predicted octanol–water partition coefficient (Wildman–Crippen LogP) is 2.36. The van der Waals surface area contributed by atoms with E-state index >= 15 is 0 Å². The SMILES string of the molecule is CN(C)[C@@H]1C(CC(C)(C)N2CC3(CCCO3)C2)CN(C)C12CN(C(C)(C)C)C2. The first-order valence-corrected chi connectivity index (χ1v) is 11.4. The molecule has 0 aromatic carbocycles. The van der Waals surface area contributed by atoms with E-state index in [2.05, 4.69) is 75.4 Å². The molecule has 1 unspecified atom stereocenters. The van der Waals surface area contributed by atoms with Gasteiger partial charge in [0, 0.05) is 56.5 Å². The second kappa shape index (κ2) is 6.65. The van der Waals surface area contributed by atoms with Crippen LogP contribution in [0.4, 0.5) is 0 Å². The second-order valence-electron chi connectivity index (χ2n) is 12.2. The van der Waals surface area contributed by atoms with E-state index in [9.17, 15) is 0 Å². The van der Waals surface area contributed by atoms with Gasteiger partial charge >= 0.3 is 0 Å². The van der Waals surface area contributed by atoms with E-state index in [1.165, 1.54) is 38.9 Å². The second-order valence-corrected chi connectivity index (χ2v) is 12.2. The van der Waals surface area contributed by atoms with Crippen LogP contribution in [0.2, 0.25) is 0 Å². The van der Waals surface area contributed by atoms with E-state index < -0.39 is 0 Å². The molecule has 0 aromatic heterocycles. The van der Waals surface area contributed by atoms with Crippen LogP contribution in [0.1, 0.15) is 53.9 Å². The summed E-state index contributed by atoms with van der Waals surface area (Å²) in [7, 11) is 6.97. The Morgan fingerprint density at radius 3 is 2.14 bits per heavy atom. The Morgan fingerprint density at radius 2 is 1.64 bits per heavy atom. The van der Waals surface area contributed by atoms with Crippen LogP contribution in [0.5, 0.6) is 0 Å². The van der Waals surface area contributed by atoms with E-state index in [-0.39, 0.29) is 16.7 Å². The molecule has 0 aliphatic carbocycles. The number of hydrogen-bond acceptors (Lipinski definition) is 5. The van der Waals surface area contributed by atoms with Crippen LogP contribution in [-0.4, -0.2) is 108 Å². The highest BCUT2D eigenvalue weighted by molar-refractivity contribution is 5.19. The molecule has 4 rings (SSSR count). The van der Waals surface area contributed by atoms with Crippen molar-refractivity contribution in [3.05, 3.63) is 0 Å². The Kier molecular flexibility index (Phi) is 5.00. The number of rotatable bonds is 4. The first kappa shape index (κ1) is 21.0. The standard InChI is InChI=1S/C23H44N4O/c1-20(2,3)26-16-23(17-26)19(24(6)7)18(13-25(23)8)12-21(4,5)27-14-22(15-27)10-9-11-28-22/h18-19H,9-17H2,1-8H3/t18?,19-/m1/s1. The van der Waals surface area contributed by atoms with E-state index in [1.54, 1.807) is 0 Å². The minimum Gasteiger partial charge on any atom is -0.372 e. The molecule has 162 valence electrons. The Hall–Kier alpha value is -0.200. The van der Waals surface area contributed by atoms with Gasteiger partial charge in [0.25, 0.3) is 0 Å². The fourth-order valence-corrected chi connectivity index (χ4v) is 6.75. The molecule has 28 heavy (non-hydrogen) atoms. The highest BCUT2D eigenvalue weighted by Gasteiger charge is 2.61. The van der Waals surface area contributed by atoms with Gasteiger partial charge in [0.15, 0.2) is 0 Å². The third-order valence-corrected chi connectivity index (χ3v) is 8.46. The maximum atomic E-state index is 6.09. The first-order valence-electron chi connectivity index (χ1n) is 11.4. The summed E-state index contributed by atoms with van der Waals surface area (Å²) in [5.41, 5.74) is 1.04. The highest BCUT2D eigenvalue weighted by Crippen LogP contribution is 2.48. The van der Waals surface area contributed by atoms with Crippen LogP contribution in [0.25, 0.3) is 0 Å². The largest absolute Gasteiger partial charge is 0.372 e. The maximum Gasteiger partial charge on any atom is 0.0936 e. The van der Waals surface area contributed by atoms with Crippen molar-refractivity contribution in [1.29, 1.82) is 0 Å². The molecule has 4 saturated heterocycles. The normalized spacial score (nSPS) is 33.8. The van der Waals surface area contributed by atoms with Crippen molar-refractivity contribution in [2.24, 2.45) is 5.92 Å². The Bertz CT molecular complexity index is 576. The Balaban J connectivity index is 1.44. The van der Waals surface area contributed by atoms with Gasteiger partial charge in [0.2, 0.25) is 0 Å². The van der Waals surface area contributed by atoms with Crippen molar-refractivity contribution in [3.8, 4) is 0 Å². The predicted molar refractivity (Wildman–Crippen MR) is 116 cm³/mol. The fourth-order valence-electron chi connectivity index (χ4n) is 6.75. The minimum atomic E-state index is 0.201. The van der Waals surface area contributed by atoms with Crippen LogP contribution in [-0.2, 0) is 4.74 Å². The topological polar surface area (TPSA) is 22.2 Å². The smallest absolute Gasteiger partial charge is 0.0936 e. The molecule has 0 N–H and O–H groups in total. The van der Waals surface area contributed by atoms with Crippen molar-refractivity contribution in [2.75, 3.05) is 60.5 Å². The highest BCUT2D eigenvalue weighted by atomic mass is 16.5. The van der Waals surface area contributed by atoms with Crippen LogP contribution in [0.15, 0.2) is 0 Å². The maximum absolute atomic E-state index is 6.09. The molecule has 0 amide bonds. The Morgan fingerprint density at radius 1 is 1.00 bits per heavy atom. The van der Waals surface area contributed by atoms with Crippen LogP contribution in [0, 0.1) is 5.92 Å². The monoisotopic (exact) mass is 392 g/mol. The number of likely N-dealkylation sites (tertiary alicyclic amines) is 3. The molecule has 4 aliphatic heterocycles. The van der Waals surface area contributed by atoms with Crippen molar-refractivity contribution >= 4 is 0 Å². The molecule has 5 heteroatoms. The number of ether oxygens (including phenoxy) is 1. The zero-order chi connectivity index (χ0) is 20.5. The summed E-state index contributed by atoms with van der Waals surface area (Å²) >= 11 is 0. The lowest BCUT2D eigenvalue weighted by Gasteiger charge is -2.60. The minimum absolute atomic E-state index is 0.201. The molecule has 0 bridgehead atoms. The molecule has 0 radical (unpaired) electrons. The lowest BCUT2D eigenvalue weighted by atomic mass is 9.73. The van der Waals surface area contributed by atoms with E-state index in [1.807, 2.05) is 0 Å². The van der Waals surface area contributed by atoms with Gasteiger partial charge in [0.1, 0.15) is 0 Å². The molecule has 4 heterocycles. The average molecular weight is 393 g/mol. The molecule has 4 aliphatic rings. The number of nitrogens with zero attached hydrogens (tertiary/aromatic N) is 4. The van der Waals surface area contributed by atoms with Gasteiger partial charge in [-0.15, -0.1) is 0 Å². The molecule has 5 nitrogen and oxygen atoms in total. The van der Waals surface area contributed by atoms with E-state index in [0.717, 1.165) is 25.6 Å². The summed E-state index contributed by atoms with van der Waals surface area (Å²) in [5, 5.41) is 0. The van der Waals surface area contributed by atoms with Crippen molar-refractivity contribution in [3.63, 3.8) is 0 Å². The summed E-state index contributed by atoms with van der Waals surface area (Å²) < 4.78 is 6.09. The number of hydrogen-bond donors (Lipinski definition) is 0. The summed E-state index contributed by atoms with van der Waals surface area (Å²) in [6.07, 6.45) is 3.78. The number of likely N-dealkylation sites (N-methyl/N-ethyl adjacent to an activating group) is 2. The molecular formula is C23H44N4O. The van der Waals surface area contributed by atoms with Gasteiger partial charge in [-0.3, -0.25) is 14.7 Å². The van der Waals surface area contributed by atoms with Gasteiger partial charge in [0.05, 0.1) is 11.1 Å². The summed E-state index contributed by atoms with van der Waals surface area (Å²) in [6, 6.07) is 0.633. The van der Waals surface area contributed by atoms with Gasteiger partial charge in [-0.05, 0) is 80.9 Å². The zero-order valence-electron chi connectivity index (χ0n) is 19.7. The van der Waals surface area contributed by atoms with Crippen LogP contribution >= 0.6 is 0 Å². The molecular weight excluding hydrogens is 348 g/mol. The van der Waals surface area contributed by atoms with Gasteiger partial charge in [-0.25, -0.2) is 0 Å². The lowest BCUT2D eigenvalue weighted by molar-refractivity contribution is -0.149. The zero-order valence-corrected chi connectivity index (χ0v) is 19.7. The third kappa shape index (κ3) is 3.26. The quantitative estimate of drug-likeness (QED) is 0.730. The van der Waals surface area contributed by atoms with Crippen LogP contribution < -0.4 is 0 Å². The summed E-state index contributed by atoms with van der Waals surface area (Å²) in [6.45, 7) is 18.9. The molecule has 4 fully saturated rings. The molecule has 2 atom stereocenters. The van der Waals surface area contributed by atoms with Gasteiger partial charge in [-0.2, -0.15) is 0 Å². The molecule has 2 spiro atoms. The summed E-state index contributed by atoms with van der Waals surface area (Å²) in [5.74, 6) is 0.721. The molecule has 0 aromatic rings. The average Bonchev–Trinajstić information content (AvgIpc) is 3.04. The van der Waals surface area contributed by atoms with Crippen molar-refractivity contribution in [1.82, 2.24) is 19.6 Å². The van der Waals surface area contributed by atoms with Crippen molar-refractivity contribution in [2.45, 2.75) is 82.1 Å². The van der Waals surface area contributed by atoms with Gasteiger partial charge in [-0.1, -0.05) is 0 Å². The van der Waals surface area contributed by atoms with Crippen LogP contribution in [0.3, 0.4) is 0 Å². The lowest BCUT2D eigenvalue weighted by Crippen LogP contribution is -2.76. The van der Waals surface area contributed by atoms with E-state index in [4.69, 9.17) is 4.74 Å². The molecule has 0 saturated carbocycles. The first-order chi connectivity index (χ1) is 12.9. The van der Waals surface area contributed by atoms with E-state index in [0.29, 0.717) is 11.6 Å². The fraction of sp³-hybridized carbons (Fsp3) is 1.00. The Labute approximate surface area is 173 Å². The van der Waals surface area contributed by atoms with Gasteiger partial charge < -0.3 is 9.64 Å².